The predicted octanol–water partition coefficient (Wildman–Crippen LogP) is 3.78. The molecule has 0 bridgehead atoms. The summed E-state index contributed by atoms with van der Waals surface area (Å²) in [5, 5.41) is 2.81. The Morgan fingerprint density at radius 3 is 2.48 bits per heavy atom. The molecule has 2 aromatic carbocycles. The molecule has 0 heterocycles. The van der Waals surface area contributed by atoms with Gasteiger partial charge in [-0.2, -0.15) is 8.78 Å². The molecule has 1 atom stereocenters. The summed E-state index contributed by atoms with van der Waals surface area (Å²) in [7, 11) is 0. The zero-order chi connectivity index (χ0) is 15.2. The molecule has 110 valence electrons. The van der Waals surface area contributed by atoms with Gasteiger partial charge in [0, 0.05) is 5.56 Å². The lowest BCUT2D eigenvalue weighted by Crippen LogP contribution is -2.26. The van der Waals surface area contributed by atoms with E-state index in [1.165, 1.54) is 18.2 Å². The summed E-state index contributed by atoms with van der Waals surface area (Å²) in [5.74, 6) is -0.379. The smallest absolute Gasteiger partial charge is 0.387 e. The third-order valence-corrected chi connectivity index (χ3v) is 2.97. The molecule has 1 amide bonds. The van der Waals surface area contributed by atoms with Gasteiger partial charge in [-0.1, -0.05) is 36.4 Å². The molecule has 0 aliphatic heterocycles. The van der Waals surface area contributed by atoms with Crippen LogP contribution in [0.2, 0.25) is 0 Å². The highest BCUT2D eigenvalue weighted by atomic mass is 19.3. The summed E-state index contributed by atoms with van der Waals surface area (Å²) < 4.78 is 28.6. The highest BCUT2D eigenvalue weighted by Crippen LogP contribution is 2.17. The van der Waals surface area contributed by atoms with Crippen molar-refractivity contribution in [3.8, 4) is 5.75 Å². The Hall–Kier alpha value is -2.43. The van der Waals surface area contributed by atoms with Crippen molar-refractivity contribution in [1.29, 1.82) is 0 Å². The van der Waals surface area contributed by atoms with Crippen LogP contribution in [0, 0.1) is 0 Å². The molecule has 2 aromatic rings. The Bertz CT molecular complexity index is 602. The molecule has 0 spiro atoms. The Balaban J connectivity index is 2.06. The molecule has 0 saturated heterocycles. The second kappa shape index (κ2) is 6.83. The number of nitrogens with one attached hydrogen (secondary N) is 1. The maximum absolute atomic E-state index is 12.2. The van der Waals surface area contributed by atoms with Crippen LogP contribution in [0.1, 0.15) is 28.9 Å². The first kappa shape index (κ1) is 15.0. The topological polar surface area (TPSA) is 38.3 Å². The standard InChI is InChI=1S/C16H15F2NO2/c1-11(12-6-3-2-4-7-12)19-15(20)13-8-5-9-14(10-13)21-16(17)18/h2-11,16H,1H3,(H,19,20). The Kier molecular flexibility index (Phi) is 4.87. The van der Waals surface area contributed by atoms with Gasteiger partial charge in [0.25, 0.3) is 5.91 Å². The number of halogens is 2. The van der Waals surface area contributed by atoms with E-state index in [0.717, 1.165) is 5.56 Å². The van der Waals surface area contributed by atoms with Gasteiger partial charge >= 0.3 is 6.61 Å². The van der Waals surface area contributed by atoms with E-state index >= 15 is 0 Å². The summed E-state index contributed by atoms with van der Waals surface area (Å²) in [6, 6.07) is 15.0. The SMILES string of the molecule is CC(NC(=O)c1cccc(OC(F)F)c1)c1ccccc1. The molecular weight excluding hydrogens is 276 g/mol. The molecule has 3 nitrogen and oxygen atoms in total. The number of carbonyl (C=O) groups is 1. The molecule has 1 N–H and O–H groups in total. The zero-order valence-electron chi connectivity index (χ0n) is 11.4. The average Bonchev–Trinajstić information content (AvgIpc) is 2.47. The summed E-state index contributed by atoms with van der Waals surface area (Å²) in [6.45, 7) is -1.06. The fourth-order valence-corrected chi connectivity index (χ4v) is 1.92. The van der Waals surface area contributed by atoms with Crippen LogP contribution in [0.3, 0.4) is 0 Å². The Morgan fingerprint density at radius 1 is 1.10 bits per heavy atom. The van der Waals surface area contributed by atoms with E-state index < -0.39 is 6.61 Å². The van der Waals surface area contributed by atoms with E-state index in [2.05, 4.69) is 10.1 Å². The fourth-order valence-electron chi connectivity index (χ4n) is 1.92. The lowest BCUT2D eigenvalue weighted by atomic mass is 10.1. The van der Waals surface area contributed by atoms with Gasteiger partial charge in [-0.3, -0.25) is 4.79 Å². The van der Waals surface area contributed by atoms with Crippen LogP contribution in [0.25, 0.3) is 0 Å². The summed E-state index contributed by atoms with van der Waals surface area (Å²) in [5.41, 5.74) is 1.24. The van der Waals surface area contributed by atoms with Crippen molar-refractivity contribution in [2.45, 2.75) is 19.6 Å². The molecule has 0 fully saturated rings. The number of amides is 1. The third kappa shape index (κ3) is 4.27. The molecule has 0 radical (unpaired) electrons. The van der Waals surface area contributed by atoms with E-state index in [-0.39, 0.29) is 23.3 Å². The Labute approximate surface area is 121 Å². The second-order valence-corrected chi connectivity index (χ2v) is 4.51. The Morgan fingerprint density at radius 2 is 1.81 bits per heavy atom. The average molecular weight is 291 g/mol. The molecule has 0 aliphatic rings. The molecule has 21 heavy (non-hydrogen) atoms. The van der Waals surface area contributed by atoms with E-state index in [0.29, 0.717) is 0 Å². The van der Waals surface area contributed by atoms with Gasteiger partial charge in [0.2, 0.25) is 0 Å². The number of carbonyl (C=O) groups excluding carboxylic acids is 1. The fraction of sp³-hybridized carbons (Fsp3) is 0.188. The quantitative estimate of drug-likeness (QED) is 0.910. The van der Waals surface area contributed by atoms with E-state index in [1.54, 1.807) is 6.07 Å². The van der Waals surface area contributed by atoms with Gasteiger partial charge in [-0.25, -0.2) is 0 Å². The molecule has 5 heteroatoms. The first-order valence-corrected chi connectivity index (χ1v) is 6.47. The van der Waals surface area contributed by atoms with E-state index in [1.807, 2.05) is 37.3 Å². The number of ether oxygens (including phenoxy) is 1. The molecule has 1 unspecified atom stereocenters. The van der Waals surface area contributed by atoms with E-state index in [4.69, 9.17) is 0 Å². The number of alkyl halides is 2. The lowest BCUT2D eigenvalue weighted by Gasteiger charge is -2.14. The maximum atomic E-state index is 12.2. The van der Waals surface area contributed by atoms with Crippen molar-refractivity contribution in [3.63, 3.8) is 0 Å². The van der Waals surface area contributed by atoms with Crippen molar-refractivity contribution in [1.82, 2.24) is 5.32 Å². The minimum atomic E-state index is -2.91. The minimum Gasteiger partial charge on any atom is -0.435 e. The van der Waals surface area contributed by atoms with Crippen LogP contribution in [0.4, 0.5) is 8.78 Å². The van der Waals surface area contributed by atoms with Crippen LogP contribution in [0.5, 0.6) is 5.75 Å². The van der Waals surface area contributed by atoms with Crippen molar-refractivity contribution in [2.75, 3.05) is 0 Å². The van der Waals surface area contributed by atoms with Crippen LogP contribution >= 0.6 is 0 Å². The third-order valence-electron chi connectivity index (χ3n) is 2.97. The normalized spacial score (nSPS) is 12.0. The first-order valence-electron chi connectivity index (χ1n) is 6.47. The van der Waals surface area contributed by atoms with Crippen molar-refractivity contribution in [3.05, 3.63) is 65.7 Å². The van der Waals surface area contributed by atoms with Crippen molar-refractivity contribution in [2.24, 2.45) is 0 Å². The second-order valence-electron chi connectivity index (χ2n) is 4.51. The lowest BCUT2D eigenvalue weighted by molar-refractivity contribution is -0.0498. The monoisotopic (exact) mass is 291 g/mol. The van der Waals surface area contributed by atoms with Crippen molar-refractivity contribution < 1.29 is 18.3 Å². The highest BCUT2D eigenvalue weighted by Gasteiger charge is 2.12. The van der Waals surface area contributed by atoms with Gasteiger partial charge in [0.1, 0.15) is 5.75 Å². The van der Waals surface area contributed by atoms with Gasteiger partial charge in [0.05, 0.1) is 6.04 Å². The van der Waals surface area contributed by atoms with Crippen LogP contribution in [-0.2, 0) is 0 Å². The zero-order valence-corrected chi connectivity index (χ0v) is 11.4. The number of hydrogen-bond acceptors (Lipinski definition) is 2. The summed E-state index contributed by atoms with van der Waals surface area (Å²) in [4.78, 5) is 12.1. The molecular formula is C16H15F2NO2. The van der Waals surface area contributed by atoms with Crippen LogP contribution in [0.15, 0.2) is 54.6 Å². The number of rotatable bonds is 5. The summed E-state index contributed by atoms with van der Waals surface area (Å²) in [6.07, 6.45) is 0. The van der Waals surface area contributed by atoms with Gasteiger partial charge < -0.3 is 10.1 Å². The molecule has 0 aromatic heterocycles. The van der Waals surface area contributed by atoms with Crippen molar-refractivity contribution >= 4 is 5.91 Å². The van der Waals surface area contributed by atoms with E-state index in [9.17, 15) is 13.6 Å². The van der Waals surface area contributed by atoms with Gasteiger partial charge in [-0.05, 0) is 30.7 Å². The predicted molar refractivity (Wildman–Crippen MR) is 75.4 cm³/mol. The summed E-state index contributed by atoms with van der Waals surface area (Å²) >= 11 is 0. The molecule has 0 aliphatic carbocycles. The molecule has 2 rings (SSSR count). The van der Waals surface area contributed by atoms with Crippen LogP contribution in [-0.4, -0.2) is 12.5 Å². The highest BCUT2D eigenvalue weighted by molar-refractivity contribution is 5.94. The van der Waals surface area contributed by atoms with Gasteiger partial charge in [0.15, 0.2) is 0 Å². The minimum absolute atomic E-state index is 0.0370. The number of hydrogen-bond donors (Lipinski definition) is 1. The maximum Gasteiger partial charge on any atom is 0.387 e. The molecule has 0 saturated carbocycles. The van der Waals surface area contributed by atoms with Gasteiger partial charge in [-0.15, -0.1) is 0 Å². The first-order chi connectivity index (χ1) is 10.1. The van der Waals surface area contributed by atoms with Crippen LogP contribution < -0.4 is 10.1 Å². The number of benzene rings is 2. The largest absolute Gasteiger partial charge is 0.435 e.